The van der Waals surface area contributed by atoms with Crippen LogP contribution in [0.1, 0.15) is 50.7 Å². The Bertz CT molecular complexity index is 336. The molecule has 0 fully saturated rings. The maximum absolute atomic E-state index is 5.96. The summed E-state index contributed by atoms with van der Waals surface area (Å²) in [4.78, 5) is 0. The molecular formula is C16H27NO. The molecule has 0 atom stereocenters. The number of unbranched alkanes of at least 4 members (excludes halogenated alkanes) is 2. The Morgan fingerprint density at radius 2 is 1.94 bits per heavy atom. The molecular weight excluding hydrogens is 222 g/mol. The molecule has 0 amide bonds. The molecule has 1 N–H and O–H groups in total. The van der Waals surface area contributed by atoms with Gasteiger partial charge in [0.25, 0.3) is 0 Å². The van der Waals surface area contributed by atoms with Crippen molar-refractivity contribution < 1.29 is 4.74 Å². The number of benzene rings is 1. The van der Waals surface area contributed by atoms with E-state index >= 15 is 0 Å². The lowest BCUT2D eigenvalue weighted by Crippen LogP contribution is -2.15. The van der Waals surface area contributed by atoms with E-state index in [9.17, 15) is 0 Å². The Morgan fingerprint density at radius 1 is 1.11 bits per heavy atom. The van der Waals surface area contributed by atoms with Crippen LogP contribution in [0.5, 0.6) is 5.75 Å². The molecule has 0 unspecified atom stereocenters. The third-order valence-corrected chi connectivity index (χ3v) is 3.03. The molecule has 0 aliphatic carbocycles. The van der Waals surface area contributed by atoms with Gasteiger partial charge in [-0.25, -0.2) is 0 Å². The van der Waals surface area contributed by atoms with Crippen LogP contribution < -0.4 is 10.1 Å². The molecule has 0 aromatic heterocycles. The SMILES string of the molecule is CCCCCOc1c(C)cccc1CNCCC. The predicted molar refractivity (Wildman–Crippen MR) is 78.2 cm³/mol. The molecule has 0 aliphatic heterocycles. The molecule has 0 heterocycles. The second-order valence-corrected chi connectivity index (χ2v) is 4.80. The fourth-order valence-electron chi connectivity index (χ4n) is 1.99. The van der Waals surface area contributed by atoms with Crippen LogP contribution in [0, 0.1) is 6.92 Å². The van der Waals surface area contributed by atoms with E-state index in [1.807, 2.05) is 0 Å². The Morgan fingerprint density at radius 3 is 2.67 bits per heavy atom. The number of hydrogen-bond acceptors (Lipinski definition) is 2. The van der Waals surface area contributed by atoms with Crippen molar-refractivity contribution in [2.45, 2.75) is 53.0 Å². The Kier molecular flexibility index (Phi) is 7.51. The van der Waals surface area contributed by atoms with Gasteiger partial charge in [0.2, 0.25) is 0 Å². The zero-order valence-corrected chi connectivity index (χ0v) is 12.1. The van der Waals surface area contributed by atoms with E-state index in [0.29, 0.717) is 0 Å². The third kappa shape index (κ3) is 5.09. The molecule has 0 radical (unpaired) electrons. The zero-order valence-electron chi connectivity index (χ0n) is 12.1. The maximum Gasteiger partial charge on any atom is 0.126 e. The molecule has 0 spiro atoms. The molecule has 1 aromatic rings. The quantitative estimate of drug-likeness (QED) is 0.666. The van der Waals surface area contributed by atoms with Crippen LogP contribution in [0.2, 0.25) is 0 Å². The fraction of sp³-hybridized carbons (Fsp3) is 0.625. The third-order valence-electron chi connectivity index (χ3n) is 3.03. The van der Waals surface area contributed by atoms with Gasteiger partial charge in [-0.15, -0.1) is 0 Å². The molecule has 2 nitrogen and oxygen atoms in total. The van der Waals surface area contributed by atoms with Gasteiger partial charge in [0, 0.05) is 12.1 Å². The van der Waals surface area contributed by atoms with Crippen LogP contribution in [-0.2, 0) is 6.54 Å². The minimum Gasteiger partial charge on any atom is -0.493 e. The van der Waals surface area contributed by atoms with Crippen LogP contribution in [-0.4, -0.2) is 13.2 Å². The second kappa shape index (κ2) is 8.98. The lowest BCUT2D eigenvalue weighted by atomic mass is 10.1. The van der Waals surface area contributed by atoms with E-state index in [-0.39, 0.29) is 0 Å². The Labute approximate surface area is 112 Å². The average Bonchev–Trinajstić information content (AvgIpc) is 2.37. The van der Waals surface area contributed by atoms with Gasteiger partial charge >= 0.3 is 0 Å². The normalized spacial score (nSPS) is 10.6. The first kappa shape index (κ1) is 15.0. The first-order valence-corrected chi connectivity index (χ1v) is 7.21. The Hall–Kier alpha value is -1.02. The number of hydrogen-bond donors (Lipinski definition) is 1. The summed E-state index contributed by atoms with van der Waals surface area (Å²) < 4.78 is 5.96. The summed E-state index contributed by atoms with van der Waals surface area (Å²) in [6.45, 7) is 9.32. The van der Waals surface area contributed by atoms with E-state index < -0.39 is 0 Å². The van der Waals surface area contributed by atoms with Crippen molar-refractivity contribution in [1.82, 2.24) is 5.32 Å². The van der Waals surface area contributed by atoms with Gasteiger partial charge < -0.3 is 10.1 Å². The largest absolute Gasteiger partial charge is 0.493 e. The zero-order chi connectivity index (χ0) is 13.2. The van der Waals surface area contributed by atoms with Gasteiger partial charge in [0.05, 0.1) is 6.61 Å². The first-order chi connectivity index (χ1) is 8.79. The standard InChI is InChI=1S/C16H27NO/c1-4-6-7-12-18-16-14(3)9-8-10-15(16)13-17-11-5-2/h8-10,17H,4-7,11-13H2,1-3H3. The van der Waals surface area contributed by atoms with Gasteiger partial charge in [-0.1, -0.05) is 44.9 Å². The molecule has 1 rings (SSSR count). The lowest BCUT2D eigenvalue weighted by Gasteiger charge is -2.14. The van der Waals surface area contributed by atoms with Crippen LogP contribution in [0.4, 0.5) is 0 Å². The first-order valence-electron chi connectivity index (χ1n) is 7.21. The molecule has 0 aliphatic rings. The van der Waals surface area contributed by atoms with E-state index in [1.165, 1.54) is 30.4 Å². The van der Waals surface area contributed by atoms with Crippen molar-refractivity contribution in [3.8, 4) is 5.75 Å². The minimum atomic E-state index is 0.833. The average molecular weight is 249 g/mol. The number of ether oxygens (including phenoxy) is 1. The van der Waals surface area contributed by atoms with Crippen LogP contribution >= 0.6 is 0 Å². The molecule has 1 aromatic carbocycles. The van der Waals surface area contributed by atoms with Crippen molar-refractivity contribution in [2.75, 3.05) is 13.2 Å². The van der Waals surface area contributed by atoms with Crippen molar-refractivity contribution in [3.63, 3.8) is 0 Å². The van der Waals surface area contributed by atoms with Crippen molar-refractivity contribution in [3.05, 3.63) is 29.3 Å². The number of rotatable bonds is 9. The highest BCUT2D eigenvalue weighted by Crippen LogP contribution is 2.23. The second-order valence-electron chi connectivity index (χ2n) is 4.80. The van der Waals surface area contributed by atoms with E-state index in [1.54, 1.807) is 0 Å². The van der Waals surface area contributed by atoms with Crippen LogP contribution in [0.15, 0.2) is 18.2 Å². The number of aryl methyl sites for hydroxylation is 1. The lowest BCUT2D eigenvalue weighted by molar-refractivity contribution is 0.300. The van der Waals surface area contributed by atoms with Gasteiger partial charge in [-0.05, 0) is 31.9 Å². The number of nitrogens with one attached hydrogen (secondary N) is 1. The van der Waals surface area contributed by atoms with Crippen molar-refractivity contribution in [1.29, 1.82) is 0 Å². The van der Waals surface area contributed by atoms with E-state index in [4.69, 9.17) is 4.74 Å². The molecule has 102 valence electrons. The summed E-state index contributed by atoms with van der Waals surface area (Å²) in [5.74, 6) is 1.08. The summed E-state index contributed by atoms with van der Waals surface area (Å²) in [5.41, 5.74) is 2.52. The topological polar surface area (TPSA) is 21.3 Å². The Balaban J connectivity index is 2.56. The van der Waals surface area contributed by atoms with Gasteiger partial charge in [-0.2, -0.15) is 0 Å². The van der Waals surface area contributed by atoms with E-state index in [0.717, 1.165) is 31.9 Å². The maximum atomic E-state index is 5.96. The molecule has 2 heteroatoms. The summed E-state index contributed by atoms with van der Waals surface area (Å²) >= 11 is 0. The molecule has 0 bridgehead atoms. The summed E-state index contributed by atoms with van der Waals surface area (Å²) in [6.07, 6.45) is 4.79. The van der Waals surface area contributed by atoms with Crippen molar-refractivity contribution in [2.24, 2.45) is 0 Å². The molecule has 18 heavy (non-hydrogen) atoms. The van der Waals surface area contributed by atoms with Gasteiger partial charge in [0.15, 0.2) is 0 Å². The number of para-hydroxylation sites is 1. The molecule has 0 saturated heterocycles. The monoisotopic (exact) mass is 249 g/mol. The summed E-state index contributed by atoms with van der Waals surface area (Å²) in [6, 6.07) is 6.39. The fourth-order valence-corrected chi connectivity index (χ4v) is 1.99. The van der Waals surface area contributed by atoms with E-state index in [2.05, 4.69) is 44.3 Å². The summed E-state index contributed by atoms with van der Waals surface area (Å²) in [5, 5.41) is 3.44. The van der Waals surface area contributed by atoms with Gasteiger partial charge in [-0.3, -0.25) is 0 Å². The smallest absolute Gasteiger partial charge is 0.126 e. The van der Waals surface area contributed by atoms with Crippen molar-refractivity contribution >= 4 is 0 Å². The van der Waals surface area contributed by atoms with Crippen LogP contribution in [0.3, 0.4) is 0 Å². The molecule has 0 saturated carbocycles. The minimum absolute atomic E-state index is 0.833. The highest BCUT2D eigenvalue weighted by molar-refractivity contribution is 5.40. The highest BCUT2D eigenvalue weighted by Gasteiger charge is 2.06. The predicted octanol–water partition coefficient (Wildman–Crippen LogP) is 4.06. The van der Waals surface area contributed by atoms with Crippen LogP contribution in [0.25, 0.3) is 0 Å². The highest BCUT2D eigenvalue weighted by atomic mass is 16.5. The summed E-state index contributed by atoms with van der Waals surface area (Å²) in [7, 11) is 0. The van der Waals surface area contributed by atoms with Gasteiger partial charge in [0.1, 0.15) is 5.75 Å².